The number of anilines is 1. The van der Waals surface area contributed by atoms with Gasteiger partial charge in [-0.05, 0) is 43.5 Å². The first-order valence-electron chi connectivity index (χ1n) is 8.10. The second-order valence-electron chi connectivity index (χ2n) is 6.22. The molecule has 1 unspecified atom stereocenters. The molecule has 3 rings (SSSR count). The smallest absolute Gasteiger partial charge is 0.227 e. The number of nitrogens with one attached hydrogen (secondary N) is 3. The fourth-order valence-corrected chi connectivity index (χ4v) is 2.89. The Balaban J connectivity index is 0.00000192. The molecule has 0 radical (unpaired) electrons. The van der Waals surface area contributed by atoms with E-state index in [1.165, 1.54) is 0 Å². The van der Waals surface area contributed by atoms with E-state index < -0.39 is 0 Å². The highest BCUT2D eigenvalue weighted by Crippen LogP contribution is 2.27. The molecule has 5 nitrogen and oxygen atoms in total. The van der Waals surface area contributed by atoms with Gasteiger partial charge in [0.1, 0.15) is 0 Å². The molecule has 1 aromatic carbocycles. The van der Waals surface area contributed by atoms with Crippen molar-refractivity contribution in [3.05, 3.63) is 29.8 Å². The van der Waals surface area contributed by atoms with E-state index in [0.717, 1.165) is 50.0 Å². The lowest BCUT2D eigenvalue weighted by Crippen LogP contribution is -2.31. The monoisotopic (exact) mass is 337 g/mol. The molecule has 3 N–H and O–H groups in total. The second kappa shape index (κ2) is 8.31. The third-order valence-corrected chi connectivity index (χ3v) is 4.57. The highest BCUT2D eigenvalue weighted by molar-refractivity contribution is 5.93. The predicted molar refractivity (Wildman–Crippen MR) is 92.5 cm³/mol. The molecule has 1 heterocycles. The maximum atomic E-state index is 12.0. The van der Waals surface area contributed by atoms with Gasteiger partial charge < -0.3 is 16.0 Å². The van der Waals surface area contributed by atoms with E-state index in [9.17, 15) is 9.59 Å². The van der Waals surface area contributed by atoms with Gasteiger partial charge in [0.2, 0.25) is 11.8 Å². The van der Waals surface area contributed by atoms with Crippen LogP contribution in [0.1, 0.15) is 31.2 Å². The Labute approximate surface area is 143 Å². The van der Waals surface area contributed by atoms with Gasteiger partial charge in [-0.25, -0.2) is 0 Å². The van der Waals surface area contributed by atoms with Crippen LogP contribution in [0.3, 0.4) is 0 Å². The predicted octanol–water partition coefficient (Wildman–Crippen LogP) is 2.07. The van der Waals surface area contributed by atoms with Gasteiger partial charge in [0.25, 0.3) is 0 Å². The van der Waals surface area contributed by atoms with E-state index in [-0.39, 0.29) is 36.1 Å². The van der Waals surface area contributed by atoms with Gasteiger partial charge in [-0.1, -0.05) is 18.6 Å². The molecule has 1 aliphatic heterocycles. The van der Waals surface area contributed by atoms with Crippen LogP contribution >= 0.6 is 12.4 Å². The van der Waals surface area contributed by atoms with E-state index in [0.29, 0.717) is 6.54 Å². The largest absolute Gasteiger partial charge is 0.352 e. The summed E-state index contributed by atoms with van der Waals surface area (Å²) in [6.45, 7) is 2.19. The van der Waals surface area contributed by atoms with Crippen molar-refractivity contribution in [2.45, 2.75) is 32.2 Å². The van der Waals surface area contributed by atoms with Crippen LogP contribution in [-0.4, -0.2) is 24.9 Å². The van der Waals surface area contributed by atoms with Crippen molar-refractivity contribution in [3.63, 3.8) is 0 Å². The lowest BCUT2D eigenvalue weighted by molar-refractivity contribution is -0.124. The molecule has 2 amide bonds. The van der Waals surface area contributed by atoms with Crippen LogP contribution in [0.15, 0.2) is 24.3 Å². The third kappa shape index (κ3) is 4.69. The van der Waals surface area contributed by atoms with E-state index >= 15 is 0 Å². The molecule has 1 saturated heterocycles. The summed E-state index contributed by atoms with van der Waals surface area (Å²) in [4.78, 5) is 24.0. The molecule has 1 aliphatic carbocycles. The number of hydrogen-bond acceptors (Lipinski definition) is 3. The minimum absolute atomic E-state index is 0. The van der Waals surface area contributed by atoms with E-state index in [2.05, 4.69) is 16.0 Å². The van der Waals surface area contributed by atoms with Crippen molar-refractivity contribution in [2.75, 3.05) is 18.4 Å². The molecule has 1 aromatic rings. The van der Waals surface area contributed by atoms with E-state index in [1.54, 1.807) is 0 Å². The summed E-state index contributed by atoms with van der Waals surface area (Å²) < 4.78 is 0. The van der Waals surface area contributed by atoms with Gasteiger partial charge in [-0.15, -0.1) is 12.4 Å². The summed E-state index contributed by atoms with van der Waals surface area (Å²) >= 11 is 0. The molecular weight excluding hydrogens is 314 g/mol. The standard InChI is InChI=1S/C17H23N3O2.ClH/c21-16(14-7-8-18-11-14)19-10-12-3-1-6-15(9-12)20-17(22)13-4-2-5-13;/h1,3,6,9,13-14,18H,2,4-5,7-8,10-11H2,(H,19,21)(H,20,22);1H. The average Bonchev–Trinajstić information content (AvgIpc) is 2.97. The Hall–Kier alpha value is -1.59. The van der Waals surface area contributed by atoms with Crippen molar-refractivity contribution in [3.8, 4) is 0 Å². The van der Waals surface area contributed by atoms with E-state index in [1.807, 2.05) is 24.3 Å². The molecule has 1 saturated carbocycles. The van der Waals surface area contributed by atoms with Crippen LogP contribution in [-0.2, 0) is 16.1 Å². The SMILES string of the molecule is Cl.O=C(NCc1cccc(NC(=O)C2CCC2)c1)C1CCNC1. The zero-order valence-electron chi connectivity index (χ0n) is 13.1. The molecule has 1 atom stereocenters. The number of amides is 2. The molecule has 6 heteroatoms. The Bertz CT molecular complexity index is 555. The lowest BCUT2D eigenvalue weighted by Gasteiger charge is -2.24. The van der Waals surface area contributed by atoms with Crippen molar-refractivity contribution in [1.29, 1.82) is 0 Å². The first kappa shape index (κ1) is 17.8. The van der Waals surface area contributed by atoms with Crippen molar-refractivity contribution >= 4 is 29.9 Å². The summed E-state index contributed by atoms with van der Waals surface area (Å²) in [5.74, 6) is 0.484. The quantitative estimate of drug-likeness (QED) is 0.770. The summed E-state index contributed by atoms with van der Waals surface area (Å²) in [6.07, 6.45) is 4.05. The number of carbonyl (C=O) groups excluding carboxylic acids is 2. The summed E-state index contributed by atoms with van der Waals surface area (Å²) in [5, 5.41) is 9.14. The van der Waals surface area contributed by atoms with Crippen LogP contribution in [0.25, 0.3) is 0 Å². The molecule has 126 valence electrons. The minimum atomic E-state index is 0. The molecular formula is C17H24ClN3O2. The van der Waals surface area contributed by atoms with Crippen LogP contribution in [0.4, 0.5) is 5.69 Å². The molecule has 2 fully saturated rings. The summed E-state index contributed by atoms with van der Waals surface area (Å²) in [5.41, 5.74) is 1.82. The average molecular weight is 338 g/mol. The Morgan fingerprint density at radius 2 is 1.96 bits per heavy atom. The van der Waals surface area contributed by atoms with E-state index in [4.69, 9.17) is 0 Å². The number of halogens is 1. The van der Waals surface area contributed by atoms with Crippen molar-refractivity contribution in [2.24, 2.45) is 11.8 Å². The Kier molecular flexibility index (Phi) is 6.42. The van der Waals surface area contributed by atoms with Gasteiger partial charge >= 0.3 is 0 Å². The van der Waals surface area contributed by atoms with Crippen LogP contribution in [0, 0.1) is 11.8 Å². The topological polar surface area (TPSA) is 70.2 Å². The lowest BCUT2D eigenvalue weighted by atomic mass is 9.85. The van der Waals surface area contributed by atoms with Gasteiger partial charge in [-0.3, -0.25) is 9.59 Å². The summed E-state index contributed by atoms with van der Waals surface area (Å²) in [6, 6.07) is 7.70. The van der Waals surface area contributed by atoms with Gasteiger partial charge in [0, 0.05) is 24.7 Å². The van der Waals surface area contributed by atoms with Crippen LogP contribution in [0.2, 0.25) is 0 Å². The fourth-order valence-electron chi connectivity index (χ4n) is 2.89. The molecule has 0 bridgehead atoms. The minimum Gasteiger partial charge on any atom is -0.352 e. The highest BCUT2D eigenvalue weighted by Gasteiger charge is 2.25. The normalized spacial score (nSPS) is 20.3. The van der Waals surface area contributed by atoms with Gasteiger partial charge in [0.15, 0.2) is 0 Å². The maximum absolute atomic E-state index is 12.0. The Morgan fingerprint density at radius 3 is 2.61 bits per heavy atom. The Morgan fingerprint density at radius 1 is 1.13 bits per heavy atom. The number of hydrogen-bond donors (Lipinski definition) is 3. The van der Waals surface area contributed by atoms with Gasteiger partial charge in [-0.2, -0.15) is 0 Å². The van der Waals surface area contributed by atoms with Crippen molar-refractivity contribution in [1.82, 2.24) is 10.6 Å². The number of benzene rings is 1. The number of carbonyl (C=O) groups is 2. The highest BCUT2D eigenvalue weighted by atomic mass is 35.5. The number of rotatable bonds is 5. The maximum Gasteiger partial charge on any atom is 0.227 e. The molecule has 2 aliphatic rings. The molecule has 23 heavy (non-hydrogen) atoms. The fraction of sp³-hybridized carbons (Fsp3) is 0.529. The zero-order chi connectivity index (χ0) is 15.4. The first-order chi connectivity index (χ1) is 10.7. The third-order valence-electron chi connectivity index (χ3n) is 4.57. The second-order valence-corrected chi connectivity index (χ2v) is 6.22. The van der Waals surface area contributed by atoms with Crippen LogP contribution < -0.4 is 16.0 Å². The molecule has 0 spiro atoms. The van der Waals surface area contributed by atoms with Crippen LogP contribution in [0.5, 0.6) is 0 Å². The van der Waals surface area contributed by atoms with Gasteiger partial charge in [0.05, 0.1) is 5.92 Å². The van der Waals surface area contributed by atoms with Crippen molar-refractivity contribution < 1.29 is 9.59 Å². The molecule has 0 aromatic heterocycles. The summed E-state index contributed by atoms with van der Waals surface area (Å²) in [7, 11) is 0. The zero-order valence-corrected chi connectivity index (χ0v) is 14.0. The first-order valence-corrected chi connectivity index (χ1v) is 8.10.